The molecule has 4 rings (SSSR count). The zero-order valence-electron chi connectivity index (χ0n) is 19.1. The summed E-state index contributed by atoms with van der Waals surface area (Å²) in [7, 11) is 1.50. The first-order chi connectivity index (χ1) is 17.8. The van der Waals surface area contributed by atoms with Crippen molar-refractivity contribution in [2.45, 2.75) is 6.54 Å². The molecule has 0 atom stereocenters. The largest absolute Gasteiger partial charge is 0.496 e. The van der Waals surface area contributed by atoms with Gasteiger partial charge in [0.15, 0.2) is 10.4 Å². The summed E-state index contributed by atoms with van der Waals surface area (Å²) in [4.78, 5) is 38.9. The van der Waals surface area contributed by atoms with E-state index in [1.165, 1.54) is 30.4 Å². The standard InChI is InChI=1S/C23H18BrN7O6/c1-36-18-7-6-14(10-15(18)12-30-13-25-23(29-30)31(34)35)11-26-28-21(32)16-4-2-3-5-17(16)27-22(33)19-8-9-20(24)37-19/h2-11,13H,12H2,1H3,(H,27,33)(H,28,32). The zero-order valence-corrected chi connectivity index (χ0v) is 20.7. The van der Waals surface area contributed by atoms with Crippen LogP contribution in [0, 0.1) is 10.1 Å². The van der Waals surface area contributed by atoms with Gasteiger partial charge in [0.05, 0.1) is 31.1 Å². The molecule has 0 unspecified atom stereocenters. The molecule has 0 aliphatic carbocycles. The molecule has 4 aromatic rings. The summed E-state index contributed by atoms with van der Waals surface area (Å²) in [6.45, 7) is 0.164. The molecule has 2 N–H and O–H groups in total. The number of furan rings is 1. The van der Waals surface area contributed by atoms with E-state index in [1.54, 1.807) is 48.5 Å². The van der Waals surface area contributed by atoms with Gasteiger partial charge in [0, 0.05) is 10.7 Å². The molecule has 2 heterocycles. The first-order valence-corrected chi connectivity index (χ1v) is 11.3. The van der Waals surface area contributed by atoms with Gasteiger partial charge in [0.2, 0.25) is 6.33 Å². The summed E-state index contributed by atoms with van der Waals surface area (Å²) in [6.07, 6.45) is 2.67. The number of rotatable bonds is 9. The van der Waals surface area contributed by atoms with Crippen LogP contribution in [-0.4, -0.2) is 44.8 Å². The number of ether oxygens (including phenoxy) is 1. The van der Waals surface area contributed by atoms with Crippen molar-refractivity contribution in [1.82, 2.24) is 20.2 Å². The lowest BCUT2D eigenvalue weighted by molar-refractivity contribution is -0.394. The molecule has 0 radical (unpaired) electrons. The molecule has 0 saturated heterocycles. The molecule has 14 heteroatoms. The molecule has 2 amide bonds. The van der Waals surface area contributed by atoms with Crippen molar-refractivity contribution in [3.63, 3.8) is 0 Å². The fourth-order valence-corrected chi connectivity index (χ4v) is 3.56. The number of para-hydroxylation sites is 1. The molecule has 0 spiro atoms. The maximum Gasteiger partial charge on any atom is 0.490 e. The molecule has 13 nitrogen and oxygen atoms in total. The van der Waals surface area contributed by atoms with Crippen LogP contribution in [0.1, 0.15) is 32.0 Å². The van der Waals surface area contributed by atoms with Gasteiger partial charge in [-0.25, -0.2) is 5.43 Å². The molecule has 37 heavy (non-hydrogen) atoms. The Hall–Kier alpha value is -4.85. The number of methoxy groups -OCH3 is 1. The number of hydrazone groups is 1. The van der Waals surface area contributed by atoms with Crippen LogP contribution >= 0.6 is 15.9 Å². The fourth-order valence-electron chi connectivity index (χ4n) is 3.26. The lowest BCUT2D eigenvalue weighted by atomic mass is 10.1. The van der Waals surface area contributed by atoms with Crippen molar-refractivity contribution in [2.24, 2.45) is 5.10 Å². The third-order valence-corrected chi connectivity index (χ3v) is 5.35. The topological polar surface area (TPSA) is 167 Å². The van der Waals surface area contributed by atoms with E-state index in [-0.39, 0.29) is 23.6 Å². The summed E-state index contributed by atoms with van der Waals surface area (Å²) < 4.78 is 12.3. The van der Waals surface area contributed by atoms with Crippen LogP contribution in [0.3, 0.4) is 0 Å². The van der Waals surface area contributed by atoms with Gasteiger partial charge in [-0.2, -0.15) is 9.78 Å². The number of nitrogens with zero attached hydrogens (tertiary/aromatic N) is 5. The van der Waals surface area contributed by atoms with Crippen LogP contribution in [0.4, 0.5) is 11.6 Å². The minimum absolute atomic E-state index is 0.0796. The Labute approximate surface area is 217 Å². The Morgan fingerprint density at radius 3 is 2.73 bits per heavy atom. The SMILES string of the molecule is COc1ccc(C=NNC(=O)c2ccccc2NC(=O)c2ccc(Br)o2)cc1Cn1cnc([N+](=O)[O-])n1. The number of anilines is 1. The van der Waals surface area contributed by atoms with Crippen LogP contribution in [0.15, 0.2) is 75.1 Å². The maximum absolute atomic E-state index is 12.7. The molecule has 0 bridgehead atoms. The van der Waals surface area contributed by atoms with Crippen molar-refractivity contribution >= 4 is 45.6 Å². The number of carbonyl (C=O) groups excluding carboxylic acids is 2. The smallest absolute Gasteiger partial charge is 0.490 e. The summed E-state index contributed by atoms with van der Waals surface area (Å²) >= 11 is 3.14. The van der Waals surface area contributed by atoms with E-state index in [2.05, 4.69) is 41.9 Å². The first kappa shape index (κ1) is 25.2. The minimum Gasteiger partial charge on any atom is -0.496 e. The number of nitro groups is 1. The highest BCUT2D eigenvalue weighted by atomic mass is 79.9. The molecular formula is C23H18BrN7O6. The molecular weight excluding hydrogens is 550 g/mol. The van der Waals surface area contributed by atoms with Gasteiger partial charge in [0.25, 0.3) is 11.8 Å². The second-order valence-corrected chi connectivity index (χ2v) is 8.15. The molecule has 188 valence electrons. The van der Waals surface area contributed by atoms with Gasteiger partial charge in [-0.3, -0.25) is 9.59 Å². The van der Waals surface area contributed by atoms with E-state index in [0.29, 0.717) is 21.5 Å². The van der Waals surface area contributed by atoms with Crippen LogP contribution in [0.5, 0.6) is 5.75 Å². The molecule has 0 aliphatic heterocycles. The van der Waals surface area contributed by atoms with E-state index >= 15 is 0 Å². The van der Waals surface area contributed by atoms with Gasteiger partial charge >= 0.3 is 5.95 Å². The van der Waals surface area contributed by atoms with Crippen LogP contribution in [0.2, 0.25) is 0 Å². The number of aromatic nitrogens is 3. The number of amides is 2. The number of hydrogen-bond acceptors (Lipinski definition) is 9. The quantitative estimate of drug-likeness (QED) is 0.175. The number of nitrogens with one attached hydrogen (secondary N) is 2. The van der Waals surface area contributed by atoms with Crippen LogP contribution in [0.25, 0.3) is 0 Å². The number of hydrogen-bond donors (Lipinski definition) is 2. The van der Waals surface area contributed by atoms with Gasteiger partial charge in [-0.1, -0.05) is 17.1 Å². The van der Waals surface area contributed by atoms with E-state index in [4.69, 9.17) is 9.15 Å². The highest BCUT2D eigenvalue weighted by molar-refractivity contribution is 9.10. The van der Waals surface area contributed by atoms with E-state index in [0.717, 1.165) is 0 Å². The van der Waals surface area contributed by atoms with E-state index < -0.39 is 22.7 Å². The normalized spacial score (nSPS) is 10.9. The molecule has 2 aromatic heterocycles. The molecule has 2 aromatic carbocycles. The highest BCUT2D eigenvalue weighted by Crippen LogP contribution is 2.21. The van der Waals surface area contributed by atoms with E-state index in [9.17, 15) is 19.7 Å². The number of benzene rings is 2. The van der Waals surface area contributed by atoms with Crippen LogP contribution < -0.4 is 15.5 Å². The Balaban J connectivity index is 1.45. The Kier molecular flexibility index (Phi) is 7.68. The first-order valence-electron chi connectivity index (χ1n) is 10.5. The number of halogens is 1. The summed E-state index contributed by atoms with van der Waals surface area (Å²) in [6, 6.07) is 14.7. The van der Waals surface area contributed by atoms with Gasteiger partial charge in [-0.05, 0) is 68.9 Å². The van der Waals surface area contributed by atoms with Crippen molar-refractivity contribution in [3.8, 4) is 5.75 Å². The van der Waals surface area contributed by atoms with Gasteiger partial charge in [0.1, 0.15) is 5.75 Å². The van der Waals surface area contributed by atoms with Crippen molar-refractivity contribution in [3.05, 3.63) is 98.2 Å². The molecule has 0 aliphatic rings. The Morgan fingerprint density at radius 2 is 2.03 bits per heavy atom. The Morgan fingerprint density at radius 1 is 1.22 bits per heavy atom. The summed E-state index contributed by atoms with van der Waals surface area (Å²) in [5, 5.41) is 21.3. The second-order valence-electron chi connectivity index (χ2n) is 7.37. The third kappa shape index (κ3) is 6.24. The highest BCUT2D eigenvalue weighted by Gasteiger charge is 2.17. The zero-order chi connectivity index (χ0) is 26.4. The minimum atomic E-state index is -0.681. The lowest BCUT2D eigenvalue weighted by Crippen LogP contribution is -2.21. The van der Waals surface area contributed by atoms with Gasteiger partial charge in [-0.15, -0.1) is 0 Å². The average Bonchev–Trinajstić information content (AvgIpc) is 3.54. The summed E-state index contributed by atoms with van der Waals surface area (Å²) in [5.41, 5.74) is 4.19. The van der Waals surface area contributed by atoms with Crippen molar-refractivity contribution in [2.75, 3.05) is 12.4 Å². The second kappa shape index (κ2) is 11.3. The lowest BCUT2D eigenvalue weighted by Gasteiger charge is -2.09. The number of carbonyl (C=O) groups is 2. The van der Waals surface area contributed by atoms with Crippen molar-refractivity contribution in [1.29, 1.82) is 0 Å². The predicted octanol–water partition coefficient (Wildman–Crippen LogP) is 3.61. The monoisotopic (exact) mass is 567 g/mol. The van der Waals surface area contributed by atoms with Crippen molar-refractivity contribution < 1.29 is 23.7 Å². The maximum atomic E-state index is 12.7. The Bertz CT molecular complexity index is 1500. The average molecular weight is 568 g/mol. The van der Waals surface area contributed by atoms with Crippen LogP contribution in [-0.2, 0) is 6.54 Å². The summed E-state index contributed by atoms with van der Waals surface area (Å²) in [5.74, 6) is -0.953. The van der Waals surface area contributed by atoms with E-state index in [1.807, 2.05) is 0 Å². The fraction of sp³-hybridized carbons (Fsp3) is 0.0870. The third-order valence-electron chi connectivity index (χ3n) is 4.92. The molecule has 0 saturated carbocycles. The van der Waals surface area contributed by atoms with Gasteiger partial charge < -0.3 is 24.6 Å². The molecule has 0 fully saturated rings. The predicted molar refractivity (Wildman–Crippen MR) is 135 cm³/mol.